The fourth-order valence-corrected chi connectivity index (χ4v) is 4.37. The number of thiazole rings is 1. The molecule has 3 rings (SSSR count). The van der Waals surface area contributed by atoms with Gasteiger partial charge >= 0.3 is 5.97 Å². The monoisotopic (exact) mass is 486 g/mol. The largest absolute Gasteiger partial charge is 0.463 e. The number of hydrogen-bond donors (Lipinski definition) is 1. The molecule has 0 unspecified atom stereocenters. The van der Waals surface area contributed by atoms with Crippen LogP contribution in [0.1, 0.15) is 18.1 Å². The maximum Gasteiger partial charge on any atom is 0.333 e. The number of hydrogen-bond acceptors (Lipinski definition) is 6. The summed E-state index contributed by atoms with van der Waals surface area (Å²) < 4.78 is 20.0. The molecule has 0 radical (unpaired) electrons. The van der Waals surface area contributed by atoms with E-state index < -0.39 is 11.9 Å². The lowest BCUT2D eigenvalue weighted by molar-refractivity contribution is -0.135. The molecule has 0 spiro atoms. The Morgan fingerprint density at radius 2 is 1.85 bits per heavy atom. The summed E-state index contributed by atoms with van der Waals surface area (Å²) in [6.07, 6.45) is 4.93. The van der Waals surface area contributed by atoms with Gasteiger partial charge in [-0.2, -0.15) is 0 Å². The van der Waals surface area contributed by atoms with E-state index in [4.69, 9.17) is 4.74 Å². The highest BCUT2D eigenvalue weighted by molar-refractivity contribution is 7.98. The second-order valence-corrected chi connectivity index (χ2v) is 8.85. The van der Waals surface area contributed by atoms with Gasteiger partial charge < -0.3 is 10.1 Å². The Kier molecular flexibility index (Phi) is 8.62. The molecule has 0 aliphatic heterocycles. The maximum atomic E-state index is 13.0. The van der Waals surface area contributed by atoms with Crippen molar-refractivity contribution < 1.29 is 18.7 Å². The third-order valence-electron chi connectivity index (χ3n) is 4.58. The van der Waals surface area contributed by atoms with E-state index in [2.05, 4.69) is 5.32 Å². The summed E-state index contributed by atoms with van der Waals surface area (Å²) in [5.74, 6) is -1.36. The van der Waals surface area contributed by atoms with Crippen molar-refractivity contribution in [2.45, 2.75) is 24.9 Å². The van der Waals surface area contributed by atoms with E-state index in [1.165, 1.54) is 22.8 Å². The van der Waals surface area contributed by atoms with Crippen LogP contribution in [0.15, 0.2) is 58.2 Å². The molecule has 0 saturated carbocycles. The topological polar surface area (TPSA) is 77.4 Å². The van der Waals surface area contributed by atoms with Crippen molar-refractivity contribution in [2.75, 3.05) is 12.9 Å². The minimum absolute atomic E-state index is 0.190. The number of esters is 1. The number of amides is 1. The van der Waals surface area contributed by atoms with Crippen LogP contribution in [0.25, 0.3) is 12.2 Å². The molecule has 0 saturated heterocycles. The van der Waals surface area contributed by atoms with Crippen LogP contribution in [0.3, 0.4) is 0 Å². The molecular formula is C24H23FN2O4S2. The van der Waals surface area contributed by atoms with Crippen LogP contribution in [0.4, 0.5) is 4.39 Å². The SMILES string of the molecule is CCOC(=O)C=c1sc(=Cc2ccc(SC)cc2)c(=O)n1CC(=O)NCc1ccc(F)cc1. The van der Waals surface area contributed by atoms with Gasteiger partial charge in [-0.15, -0.1) is 23.1 Å². The third kappa shape index (κ3) is 6.90. The first-order chi connectivity index (χ1) is 15.9. The van der Waals surface area contributed by atoms with Crippen molar-refractivity contribution >= 4 is 47.1 Å². The van der Waals surface area contributed by atoms with E-state index in [1.54, 1.807) is 36.9 Å². The highest BCUT2D eigenvalue weighted by Crippen LogP contribution is 2.14. The molecule has 172 valence electrons. The number of aromatic nitrogens is 1. The molecule has 1 heterocycles. The Hall–Kier alpha value is -3.17. The summed E-state index contributed by atoms with van der Waals surface area (Å²) >= 11 is 2.73. The van der Waals surface area contributed by atoms with Crippen LogP contribution in [0.5, 0.6) is 0 Å². The van der Waals surface area contributed by atoms with Crippen molar-refractivity contribution in [3.63, 3.8) is 0 Å². The normalized spacial score (nSPS) is 12.1. The fraction of sp³-hybridized carbons (Fsp3) is 0.208. The van der Waals surface area contributed by atoms with Gasteiger partial charge in [0.25, 0.3) is 5.56 Å². The molecule has 0 bridgehead atoms. The summed E-state index contributed by atoms with van der Waals surface area (Å²) in [6, 6.07) is 13.5. The van der Waals surface area contributed by atoms with Crippen LogP contribution >= 0.6 is 23.1 Å². The molecule has 0 aliphatic carbocycles. The van der Waals surface area contributed by atoms with Crippen LogP contribution in [-0.4, -0.2) is 29.3 Å². The minimum Gasteiger partial charge on any atom is -0.463 e. The number of nitrogens with one attached hydrogen (secondary N) is 1. The number of carbonyl (C=O) groups is 2. The number of nitrogens with zero attached hydrogens (tertiary/aromatic N) is 1. The van der Waals surface area contributed by atoms with Crippen LogP contribution in [0, 0.1) is 5.82 Å². The lowest BCUT2D eigenvalue weighted by atomic mass is 10.2. The summed E-state index contributed by atoms with van der Waals surface area (Å²) in [4.78, 5) is 38.7. The molecule has 1 amide bonds. The van der Waals surface area contributed by atoms with E-state index in [0.29, 0.717) is 9.20 Å². The smallest absolute Gasteiger partial charge is 0.333 e. The van der Waals surface area contributed by atoms with Crippen LogP contribution in [-0.2, 0) is 27.4 Å². The van der Waals surface area contributed by atoms with Crippen molar-refractivity contribution in [1.82, 2.24) is 9.88 Å². The van der Waals surface area contributed by atoms with E-state index in [-0.39, 0.29) is 31.1 Å². The van der Waals surface area contributed by atoms with Gasteiger partial charge in [-0.05, 0) is 54.6 Å². The van der Waals surface area contributed by atoms with E-state index in [0.717, 1.165) is 27.4 Å². The summed E-state index contributed by atoms with van der Waals surface area (Å²) in [7, 11) is 0. The average Bonchev–Trinajstić information content (AvgIpc) is 3.08. The van der Waals surface area contributed by atoms with Crippen LogP contribution in [0.2, 0.25) is 0 Å². The van der Waals surface area contributed by atoms with Gasteiger partial charge in [-0.3, -0.25) is 14.2 Å². The predicted octanol–water partition coefficient (Wildman–Crippen LogP) is 2.26. The molecular weight excluding hydrogens is 463 g/mol. The van der Waals surface area contributed by atoms with E-state index >= 15 is 0 Å². The standard InChI is InChI=1S/C24H23FN2O4S2/c1-3-31-23(29)13-22-27(15-21(28)26-14-17-4-8-18(25)9-5-17)24(30)20(33-22)12-16-6-10-19(32-2)11-7-16/h4-13H,3,14-15H2,1-2H3,(H,26,28). The predicted molar refractivity (Wildman–Crippen MR) is 129 cm³/mol. The summed E-state index contributed by atoms with van der Waals surface area (Å²) in [5.41, 5.74) is 1.19. The highest BCUT2D eigenvalue weighted by Gasteiger charge is 2.11. The number of ether oxygens (including phenoxy) is 1. The lowest BCUT2D eigenvalue weighted by Crippen LogP contribution is -2.38. The quantitative estimate of drug-likeness (QED) is 0.391. The Labute approximate surface area is 198 Å². The van der Waals surface area contributed by atoms with Crippen molar-refractivity contribution in [3.05, 3.63) is 85.0 Å². The first-order valence-corrected chi connectivity index (χ1v) is 12.2. The minimum atomic E-state index is -0.588. The number of thioether (sulfide) groups is 1. The van der Waals surface area contributed by atoms with Crippen molar-refractivity contribution in [1.29, 1.82) is 0 Å². The summed E-state index contributed by atoms with van der Waals surface area (Å²) in [5, 5.41) is 2.71. The number of carbonyl (C=O) groups excluding carboxylic acids is 2. The third-order valence-corrected chi connectivity index (χ3v) is 6.39. The van der Waals surface area contributed by atoms with Gasteiger partial charge in [0.1, 0.15) is 17.0 Å². The second-order valence-electron chi connectivity index (χ2n) is 6.91. The molecule has 1 aromatic heterocycles. The Balaban J connectivity index is 1.90. The number of rotatable bonds is 8. The highest BCUT2D eigenvalue weighted by atomic mass is 32.2. The van der Waals surface area contributed by atoms with Crippen molar-refractivity contribution in [3.8, 4) is 0 Å². The molecule has 0 fully saturated rings. The number of halogens is 1. The zero-order chi connectivity index (χ0) is 23.8. The van der Waals surface area contributed by atoms with Gasteiger partial charge in [0.05, 0.1) is 17.2 Å². The molecule has 6 nitrogen and oxygen atoms in total. The zero-order valence-electron chi connectivity index (χ0n) is 18.2. The summed E-state index contributed by atoms with van der Waals surface area (Å²) in [6.45, 7) is 1.81. The molecule has 1 N–H and O–H groups in total. The van der Waals surface area contributed by atoms with Crippen molar-refractivity contribution in [2.24, 2.45) is 0 Å². The van der Waals surface area contributed by atoms with Gasteiger partial charge in [0.2, 0.25) is 5.91 Å². The van der Waals surface area contributed by atoms with Gasteiger partial charge in [0.15, 0.2) is 0 Å². The number of benzene rings is 2. The molecule has 3 aromatic rings. The molecule has 0 atom stereocenters. The van der Waals surface area contributed by atoms with Gasteiger partial charge in [0, 0.05) is 11.4 Å². The molecule has 0 aliphatic rings. The maximum absolute atomic E-state index is 13.0. The lowest BCUT2D eigenvalue weighted by Gasteiger charge is -2.06. The van der Waals surface area contributed by atoms with E-state index in [1.807, 2.05) is 30.5 Å². The Morgan fingerprint density at radius 3 is 2.48 bits per heavy atom. The Morgan fingerprint density at radius 1 is 1.15 bits per heavy atom. The van der Waals surface area contributed by atoms with Gasteiger partial charge in [-0.25, -0.2) is 9.18 Å². The second kappa shape index (κ2) is 11.6. The molecule has 9 heteroatoms. The van der Waals surface area contributed by atoms with Gasteiger partial charge in [-0.1, -0.05) is 24.3 Å². The van der Waals surface area contributed by atoms with E-state index in [9.17, 15) is 18.8 Å². The first-order valence-electron chi connectivity index (χ1n) is 10.1. The van der Waals surface area contributed by atoms with Crippen LogP contribution < -0.4 is 20.1 Å². The first kappa shape index (κ1) is 24.5. The molecule has 2 aromatic carbocycles. The zero-order valence-corrected chi connectivity index (χ0v) is 19.8. The average molecular weight is 487 g/mol. The Bertz CT molecular complexity index is 1300. The molecule has 33 heavy (non-hydrogen) atoms. The fourth-order valence-electron chi connectivity index (χ4n) is 2.93.